The lowest BCUT2D eigenvalue weighted by Crippen LogP contribution is -2.11. The van der Waals surface area contributed by atoms with Crippen LogP contribution in [0.4, 0.5) is 23.1 Å². The van der Waals surface area contributed by atoms with Crippen molar-refractivity contribution in [1.82, 2.24) is 9.97 Å². The number of aromatic nitrogens is 2. The minimum atomic E-state index is -2.51. The normalized spacial score (nSPS) is 11.0. The number of nitriles is 1. The van der Waals surface area contributed by atoms with Crippen molar-refractivity contribution in [3.8, 4) is 11.8 Å². The third kappa shape index (κ3) is 5.35. The van der Waals surface area contributed by atoms with E-state index in [1.165, 1.54) is 6.20 Å². The molecule has 0 radical (unpaired) electrons. The SMILES string of the molecule is COc1cc(CC#N)c(C)cc1Nc1ncc(Cl)c(Nc2ccccc2P(C)(C)=O)n1. The van der Waals surface area contributed by atoms with Gasteiger partial charge >= 0.3 is 0 Å². The second-order valence-electron chi connectivity index (χ2n) is 7.32. The topological polar surface area (TPSA) is 99.9 Å². The molecule has 0 saturated heterocycles. The molecule has 0 aliphatic carbocycles. The standard InChI is InChI=1S/C22H23ClN5O2P/c1-14-11-18(19(30-2)12-15(14)9-10-24)27-22-25-13-16(23)21(28-22)26-17-7-5-6-8-20(17)31(3,4)29/h5-8,11-13H,9H2,1-4H3,(H2,25,26,27,28). The molecule has 9 heteroatoms. The Morgan fingerprint density at radius 2 is 1.94 bits per heavy atom. The van der Waals surface area contributed by atoms with E-state index in [9.17, 15) is 4.57 Å². The van der Waals surface area contributed by atoms with Gasteiger partial charge in [0.05, 0.1) is 37.2 Å². The van der Waals surface area contributed by atoms with Gasteiger partial charge in [0, 0.05) is 5.30 Å². The molecule has 3 rings (SSSR count). The second kappa shape index (κ2) is 9.38. The third-order valence-electron chi connectivity index (χ3n) is 4.66. The number of benzene rings is 2. The fourth-order valence-corrected chi connectivity index (χ4v) is 4.38. The number of ether oxygens (including phenoxy) is 1. The summed E-state index contributed by atoms with van der Waals surface area (Å²) in [6.45, 7) is 5.36. The molecule has 0 fully saturated rings. The highest BCUT2D eigenvalue weighted by Crippen LogP contribution is 2.39. The average molecular weight is 456 g/mol. The number of nitrogens with one attached hydrogen (secondary N) is 2. The smallest absolute Gasteiger partial charge is 0.229 e. The molecule has 3 aromatic rings. The first kappa shape index (κ1) is 22.6. The Labute approximate surface area is 186 Å². The monoisotopic (exact) mass is 455 g/mol. The highest BCUT2D eigenvalue weighted by atomic mass is 35.5. The maximum atomic E-state index is 12.6. The summed E-state index contributed by atoms with van der Waals surface area (Å²) >= 11 is 6.32. The van der Waals surface area contributed by atoms with Crippen LogP contribution < -0.4 is 20.7 Å². The summed E-state index contributed by atoms with van der Waals surface area (Å²) in [6, 6.07) is 13.2. The van der Waals surface area contributed by atoms with Crippen LogP contribution in [-0.4, -0.2) is 30.4 Å². The molecule has 1 heterocycles. The predicted molar refractivity (Wildman–Crippen MR) is 126 cm³/mol. The number of hydrogen-bond donors (Lipinski definition) is 2. The number of aryl methyl sites for hydroxylation is 1. The van der Waals surface area contributed by atoms with Crippen LogP contribution >= 0.6 is 18.7 Å². The highest BCUT2D eigenvalue weighted by molar-refractivity contribution is 7.70. The molecule has 2 N–H and O–H groups in total. The lowest BCUT2D eigenvalue weighted by molar-refractivity contribution is 0.416. The van der Waals surface area contributed by atoms with E-state index in [1.54, 1.807) is 20.4 Å². The van der Waals surface area contributed by atoms with Gasteiger partial charge in [0.25, 0.3) is 0 Å². The average Bonchev–Trinajstić information content (AvgIpc) is 2.72. The number of methoxy groups -OCH3 is 1. The summed E-state index contributed by atoms with van der Waals surface area (Å²) in [4.78, 5) is 8.74. The van der Waals surface area contributed by atoms with Gasteiger partial charge < -0.3 is 19.9 Å². The van der Waals surface area contributed by atoms with E-state index in [0.29, 0.717) is 45.6 Å². The zero-order chi connectivity index (χ0) is 22.6. The van der Waals surface area contributed by atoms with Crippen molar-refractivity contribution in [1.29, 1.82) is 5.26 Å². The number of hydrogen-bond acceptors (Lipinski definition) is 7. The fraction of sp³-hybridized carbons (Fsp3) is 0.227. The largest absolute Gasteiger partial charge is 0.495 e. The minimum Gasteiger partial charge on any atom is -0.495 e. The Morgan fingerprint density at radius 1 is 1.19 bits per heavy atom. The van der Waals surface area contributed by atoms with Crippen LogP contribution in [0.1, 0.15) is 11.1 Å². The molecule has 1 aromatic heterocycles. The van der Waals surface area contributed by atoms with Gasteiger partial charge in [-0.1, -0.05) is 23.7 Å². The Bertz CT molecular complexity index is 1200. The Kier molecular flexibility index (Phi) is 6.84. The summed E-state index contributed by atoms with van der Waals surface area (Å²) < 4.78 is 18.1. The fourth-order valence-electron chi connectivity index (χ4n) is 3.08. The van der Waals surface area contributed by atoms with E-state index < -0.39 is 7.14 Å². The van der Waals surface area contributed by atoms with Gasteiger partial charge in [-0.2, -0.15) is 10.2 Å². The Balaban J connectivity index is 1.94. The number of anilines is 4. The Morgan fingerprint density at radius 3 is 2.61 bits per heavy atom. The van der Waals surface area contributed by atoms with E-state index in [-0.39, 0.29) is 0 Å². The van der Waals surface area contributed by atoms with Crippen LogP contribution in [0.25, 0.3) is 0 Å². The van der Waals surface area contributed by atoms with Crippen LogP contribution in [0.2, 0.25) is 5.02 Å². The van der Waals surface area contributed by atoms with Crippen molar-refractivity contribution in [2.45, 2.75) is 13.3 Å². The molecule has 7 nitrogen and oxygen atoms in total. The molecule has 0 bridgehead atoms. The minimum absolute atomic E-state index is 0.298. The summed E-state index contributed by atoms with van der Waals surface area (Å²) in [7, 11) is -0.943. The van der Waals surface area contributed by atoms with Crippen molar-refractivity contribution >= 4 is 47.2 Å². The summed E-state index contributed by atoms with van der Waals surface area (Å²) in [5, 5.41) is 16.4. The third-order valence-corrected chi connectivity index (χ3v) is 6.48. The van der Waals surface area contributed by atoms with Crippen molar-refractivity contribution in [2.24, 2.45) is 0 Å². The zero-order valence-corrected chi connectivity index (χ0v) is 19.4. The molecular weight excluding hydrogens is 433 g/mol. The van der Waals surface area contributed by atoms with Crippen molar-refractivity contribution < 1.29 is 9.30 Å². The van der Waals surface area contributed by atoms with Crippen LogP contribution in [0.15, 0.2) is 42.6 Å². The molecule has 0 aliphatic heterocycles. The summed E-state index contributed by atoms with van der Waals surface area (Å²) in [5.74, 6) is 1.27. The quantitative estimate of drug-likeness (QED) is 0.469. The molecule has 0 amide bonds. The van der Waals surface area contributed by atoms with Gasteiger partial charge in [0.15, 0.2) is 5.82 Å². The first-order valence-corrected chi connectivity index (χ1v) is 12.5. The first-order valence-electron chi connectivity index (χ1n) is 9.48. The van der Waals surface area contributed by atoms with Crippen LogP contribution in [0.5, 0.6) is 5.75 Å². The molecule has 0 spiro atoms. The number of rotatable bonds is 7. The summed E-state index contributed by atoms with van der Waals surface area (Å²) in [5.41, 5.74) is 3.19. The van der Waals surface area contributed by atoms with Crippen molar-refractivity contribution in [3.05, 3.63) is 58.7 Å². The lowest BCUT2D eigenvalue weighted by atomic mass is 10.0. The molecular formula is C22H23ClN5O2P. The highest BCUT2D eigenvalue weighted by Gasteiger charge is 2.17. The molecule has 0 saturated carbocycles. The van der Waals surface area contributed by atoms with Crippen LogP contribution in [0.3, 0.4) is 0 Å². The predicted octanol–water partition coefficient (Wildman–Crippen LogP) is 5.25. The van der Waals surface area contributed by atoms with Crippen LogP contribution in [0, 0.1) is 18.3 Å². The number of halogens is 1. The number of para-hydroxylation sites is 1. The van der Waals surface area contributed by atoms with Crippen molar-refractivity contribution in [2.75, 3.05) is 31.1 Å². The van der Waals surface area contributed by atoms with Gasteiger partial charge in [0.1, 0.15) is 17.9 Å². The van der Waals surface area contributed by atoms with Gasteiger partial charge in [-0.15, -0.1) is 0 Å². The van der Waals surface area contributed by atoms with Gasteiger partial charge in [-0.05, 0) is 55.6 Å². The molecule has 31 heavy (non-hydrogen) atoms. The molecule has 0 unspecified atom stereocenters. The molecule has 0 aliphatic rings. The maximum Gasteiger partial charge on any atom is 0.229 e. The van der Waals surface area contributed by atoms with Gasteiger partial charge in [-0.25, -0.2) is 4.98 Å². The molecule has 160 valence electrons. The zero-order valence-electron chi connectivity index (χ0n) is 17.7. The van der Waals surface area contributed by atoms with Gasteiger partial charge in [0.2, 0.25) is 5.95 Å². The number of nitrogens with zero attached hydrogens (tertiary/aromatic N) is 3. The second-order valence-corrected chi connectivity index (χ2v) is 10.9. The van der Waals surface area contributed by atoms with E-state index in [0.717, 1.165) is 11.1 Å². The van der Waals surface area contributed by atoms with Gasteiger partial charge in [-0.3, -0.25) is 0 Å². The molecule has 0 atom stereocenters. The molecule has 2 aromatic carbocycles. The van der Waals surface area contributed by atoms with E-state index in [2.05, 4.69) is 26.7 Å². The van der Waals surface area contributed by atoms with Crippen LogP contribution in [-0.2, 0) is 11.0 Å². The van der Waals surface area contributed by atoms with E-state index in [4.69, 9.17) is 21.6 Å². The Hall–Kier alpha value is -3.07. The van der Waals surface area contributed by atoms with Crippen molar-refractivity contribution in [3.63, 3.8) is 0 Å². The first-order chi connectivity index (χ1) is 14.7. The van der Waals surface area contributed by atoms with E-state index in [1.807, 2.05) is 43.3 Å². The summed E-state index contributed by atoms with van der Waals surface area (Å²) in [6.07, 6.45) is 1.79. The van der Waals surface area contributed by atoms with E-state index >= 15 is 0 Å². The maximum absolute atomic E-state index is 12.6. The lowest BCUT2D eigenvalue weighted by Gasteiger charge is -2.16.